The lowest BCUT2D eigenvalue weighted by Gasteiger charge is -1.99. The minimum absolute atomic E-state index is 0.254. The zero-order chi connectivity index (χ0) is 19.2. The largest absolute Gasteiger partial charge is 0.297 e. The van der Waals surface area contributed by atoms with Crippen molar-refractivity contribution in [3.05, 3.63) is 75.5 Å². The molecule has 0 spiro atoms. The van der Waals surface area contributed by atoms with Gasteiger partial charge < -0.3 is 0 Å². The number of halogens is 3. The number of amides is 1. The predicted octanol–water partition coefficient (Wildman–Crippen LogP) is 5.93. The number of nitrogens with one attached hydrogen (secondary N) is 1. The zero-order valence-electron chi connectivity index (χ0n) is 13.7. The molecular weight excluding hydrogens is 428 g/mol. The van der Waals surface area contributed by atoms with Crippen LogP contribution in [0.2, 0.25) is 10.0 Å². The van der Waals surface area contributed by atoms with Gasteiger partial charge in [0.2, 0.25) is 11.0 Å². The van der Waals surface area contributed by atoms with E-state index in [4.69, 9.17) is 23.2 Å². The first-order chi connectivity index (χ1) is 13.0. The minimum atomic E-state index is -0.345. The number of nitrogens with zero attached hydrogens (tertiary/aromatic N) is 2. The van der Waals surface area contributed by atoms with E-state index in [1.54, 1.807) is 42.5 Å². The van der Waals surface area contributed by atoms with Gasteiger partial charge in [0.15, 0.2) is 4.34 Å². The van der Waals surface area contributed by atoms with Crippen LogP contribution in [0.4, 0.5) is 9.52 Å². The van der Waals surface area contributed by atoms with E-state index in [1.165, 1.54) is 35.2 Å². The first-order valence-electron chi connectivity index (χ1n) is 7.65. The molecule has 0 aliphatic rings. The van der Waals surface area contributed by atoms with E-state index < -0.39 is 0 Å². The summed E-state index contributed by atoms with van der Waals surface area (Å²) in [5.74, 6) is -0.162. The maximum atomic E-state index is 13.6. The fraction of sp³-hybridized carbons (Fsp3) is 0.0556. The summed E-state index contributed by atoms with van der Waals surface area (Å²) in [5.41, 5.74) is 1.34. The molecule has 0 saturated heterocycles. The molecule has 3 rings (SSSR count). The number of aromatic nitrogens is 2. The van der Waals surface area contributed by atoms with Gasteiger partial charge in [-0.25, -0.2) is 4.39 Å². The molecule has 0 radical (unpaired) electrons. The van der Waals surface area contributed by atoms with Crippen molar-refractivity contribution >= 4 is 63.4 Å². The van der Waals surface area contributed by atoms with Gasteiger partial charge in [-0.1, -0.05) is 70.6 Å². The van der Waals surface area contributed by atoms with Crippen molar-refractivity contribution in [2.75, 3.05) is 5.32 Å². The molecule has 0 fully saturated rings. The lowest BCUT2D eigenvalue weighted by molar-refractivity contribution is -0.111. The number of anilines is 1. The van der Waals surface area contributed by atoms with E-state index in [1.807, 2.05) is 0 Å². The molecule has 0 atom stereocenters. The Morgan fingerprint density at radius 3 is 2.78 bits per heavy atom. The Balaban J connectivity index is 1.55. The van der Waals surface area contributed by atoms with Crippen molar-refractivity contribution in [3.8, 4) is 0 Å². The third-order valence-electron chi connectivity index (χ3n) is 3.32. The molecule has 0 aliphatic carbocycles. The highest BCUT2D eigenvalue weighted by Crippen LogP contribution is 2.29. The Hall–Kier alpha value is -1.93. The molecule has 138 valence electrons. The third kappa shape index (κ3) is 5.77. The number of thioether (sulfide) groups is 1. The summed E-state index contributed by atoms with van der Waals surface area (Å²) in [4.78, 5) is 12.0. The molecule has 1 aromatic heterocycles. The van der Waals surface area contributed by atoms with Crippen LogP contribution in [0, 0.1) is 5.82 Å². The van der Waals surface area contributed by atoms with Crippen LogP contribution in [0.3, 0.4) is 0 Å². The number of hydrogen-bond donors (Lipinski definition) is 1. The molecule has 27 heavy (non-hydrogen) atoms. The number of rotatable bonds is 6. The fourth-order valence-corrected chi connectivity index (χ4v) is 4.06. The summed E-state index contributed by atoms with van der Waals surface area (Å²) in [6, 6.07) is 11.6. The van der Waals surface area contributed by atoms with Gasteiger partial charge in [0.05, 0.1) is 10.0 Å². The molecule has 9 heteroatoms. The molecule has 0 unspecified atom stereocenters. The van der Waals surface area contributed by atoms with Gasteiger partial charge in [-0.15, -0.1) is 10.2 Å². The Morgan fingerprint density at radius 2 is 2.00 bits per heavy atom. The maximum Gasteiger partial charge on any atom is 0.250 e. The van der Waals surface area contributed by atoms with E-state index >= 15 is 0 Å². The van der Waals surface area contributed by atoms with Gasteiger partial charge in [-0.05, 0) is 35.4 Å². The second-order valence-electron chi connectivity index (χ2n) is 5.25. The zero-order valence-corrected chi connectivity index (χ0v) is 16.8. The van der Waals surface area contributed by atoms with Crippen molar-refractivity contribution in [3.63, 3.8) is 0 Å². The Kier molecular flexibility index (Phi) is 6.84. The van der Waals surface area contributed by atoms with Gasteiger partial charge in [-0.3, -0.25) is 10.1 Å². The highest BCUT2D eigenvalue weighted by molar-refractivity contribution is 8.00. The van der Waals surface area contributed by atoms with Gasteiger partial charge in [0.1, 0.15) is 5.82 Å². The topological polar surface area (TPSA) is 54.9 Å². The van der Waals surface area contributed by atoms with E-state index in [0.29, 0.717) is 30.8 Å². The second kappa shape index (κ2) is 9.32. The molecule has 1 amide bonds. The predicted molar refractivity (Wildman–Crippen MR) is 110 cm³/mol. The van der Waals surface area contributed by atoms with Crippen molar-refractivity contribution in [1.82, 2.24) is 10.2 Å². The molecule has 3 aromatic rings. The summed E-state index contributed by atoms with van der Waals surface area (Å²) >= 11 is 14.4. The van der Waals surface area contributed by atoms with Gasteiger partial charge in [0, 0.05) is 11.8 Å². The van der Waals surface area contributed by atoms with Crippen molar-refractivity contribution < 1.29 is 9.18 Å². The van der Waals surface area contributed by atoms with Crippen LogP contribution in [-0.2, 0) is 10.5 Å². The molecule has 2 aromatic carbocycles. The number of carbonyl (C=O) groups is 1. The molecule has 0 bridgehead atoms. The first kappa shape index (κ1) is 19.8. The summed E-state index contributed by atoms with van der Waals surface area (Å²) in [5, 5.41) is 11.8. The summed E-state index contributed by atoms with van der Waals surface area (Å²) in [7, 11) is 0. The highest BCUT2D eigenvalue weighted by atomic mass is 35.5. The molecule has 0 aliphatic heterocycles. The third-order valence-corrected chi connectivity index (χ3v) is 6.08. The van der Waals surface area contributed by atoms with Crippen LogP contribution in [0.1, 0.15) is 11.1 Å². The Morgan fingerprint density at radius 1 is 1.19 bits per heavy atom. The number of hydrogen-bond acceptors (Lipinski definition) is 5. The van der Waals surface area contributed by atoms with E-state index in [2.05, 4.69) is 15.5 Å². The van der Waals surface area contributed by atoms with Crippen molar-refractivity contribution in [1.29, 1.82) is 0 Å². The molecule has 1 heterocycles. The van der Waals surface area contributed by atoms with Crippen LogP contribution < -0.4 is 5.32 Å². The number of carbonyl (C=O) groups excluding carboxylic acids is 1. The van der Waals surface area contributed by atoms with Gasteiger partial charge >= 0.3 is 0 Å². The SMILES string of the molecule is O=C(/C=C/c1ccc(Cl)c(Cl)c1)Nc1nnc(SCc2ccccc2F)s1. The lowest BCUT2D eigenvalue weighted by Crippen LogP contribution is -2.07. The van der Waals surface area contributed by atoms with Crippen molar-refractivity contribution in [2.45, 2.75) is 10.1 Å². The van der Waals surface area contributed by atoms with Gasteiger partial charge in [0.25, 0.3) is 0 Å². The molecular formula is C18H12Cl2FN3OS2. The van der Waals surface area contributed by atoms with Crippen LogP contribution in [0.5, 0.6) is 0 Å². The molecule has 1 N–H and O–H groups in total. The maximum absolute atomic E-state index is 13.6. The van der Waals surface area contributed by atoms with E-state index in [0.717, 1.165) is 5.56 Å². The van der Waals surface area contributed by atoms with Crippen LogP contribution in [-0.4, -0.2) is 16.1 Å². The van der Waals surface area contributed by atoms with E-state index in [-0.39, 0.29) is 11.7 Å². The Labute approximate surface area is 173 Å². The van der Waals surface area contributed by atoms with E-state index in [9.17, 15) is 9.18 Å². The summed E-state index contributed by atoms with van der Waals surface area (Å²) in [6.45, 7) is 0. The average molecular weight is 440 g/mol. The normalized spacial score (nSPS) is 11.1. The molecule has 4 nitrogen and oxygen atoms in total. The first-order valence-corrected chi connectivity index (χ1v) is 10.2. The standard InChI is InChI=1S/C18H12Cl2FN3OS2/c19-13-7-5-11(9-14(13)20)6-8-16(25)22-17-23-24-18(27-17)26-10-12-3-1-2-4-15(12)21/h1-9H,10H2,(H,22,23,25)/b8-6+. The Bertz CT molecular complexity index is 994. The minimum Gasteiger partial charge on any atom is -0.297 e. The van der Waals surface area contributed by atoms with Crippen molar-refractivity contribution in [2.24, 2.45) is 0 Å². The van der Waals surface area contributed by atoms with Crippen LogP contribution in [0.25, 0.3) is 6.08 Å². The smallest absolute Gasteiger partial charge is 0.250 e. The van der Waals surface area contributed by atoms with Crippen LogP contribution in [0.15, 0.2) is 52.9 Å². The fourth-order valence-electron chi connectivity index (χ4n) is 2.01. The summed E-state index contributed by atoms with van der Waals surface area (Å²) in [6.07, 6.45) is 2.99. The van der Waals surface area contributed by atoms with Crippen LogP contribution >= 0.6 is 46.3 Å². The second-order valence-corrected chi connectivity index (χ2v) is 8.26. The summed E-state index contributed by atoms with van der Waals surface area (Å²) < 4.78 is 14.3. The van der Waals surface area contributed by atoms with Gasteiger partial charge in [-0.2, -0.15) is 0 Å². The molecule has 0 saturated carbocycles. The monoisotopic (exact) mass is 439 g/mol. The highest BCUT2D eigenvalue weighted by Gasteiger charge is 2.09. The number of benzene rings is 2. The quantitative estimate of drug-likeness (QED) is 0.293. The average Bonchev–Trinajstić information content (AvgIpc) is 3.09. The lowest BCUT2D eigenvalue weighted by atomic mass is 10.2.